The molecule has 0 bridgehead atoms. The van der Waals surface area contributed by atoms with E-state index in [1.165, 1.54) is 11.3 Å². The van der Waals surface area contributed by atoms with E-state index >= 15 is 0 Å². The molecule has 0 atom stereocenters. The summed E-state index contributed by atoms with van der Waals surface area (Å²) in [7, 11) is 1.93. The number of aryl methyl sites for hydroxylation is 1. The molecule has 7 nitrogen and oxygen atoms in total. The summed E-state index contributed by atoms with van der Waals surface area (Å²) in [6.07, 6.45) is 2.62. The molecule has 2 aliphatic heterocycles. The Hall–Kier alpha value is -3.41. The number of piperazine rings is 1. The van der Waals surface area contributed by atoms with Crippen molar-refractivity contribution in [1.82, 2.24) is 19.8 Å². The first-order chi connectivity index (χ1) is 15.6. The van der Waals surface area contributed by atoms with Crippen LogP contribution in [-0.2, 0) is 24.3 Å². The number of aromatic nitrogens is 2. The Bertz CT molecular complexity index is 1280. The highest BCUT2D eigenvalue weighted by Gasteiger charge is 2.24. The van der Waals surface area contributed by atoms with E-state index in [4.69, 9.17) is 0 Å². The largest absolute Gasteiger partial charge is 0.369 e. The van der Waals surface area contributed by atoms with Crippen molar-refractivity contribution in [3.8, 4) is 0 Å². The Kier molecular flexibility index (Phi) is 5.29. The van der Waals surface area contributed by atoms with Gasteiger partial charge in [0.2, 0.25) is 0 Å². The molecule has 1 saturated heterocycles. The average molecular weight is 430 g/mol. The molecule has 0 aliphatic carbocycles. The predicted octanol–water partition coefficient (Wildman–Crippen LogP) is 2.43. The zero-order valence-corrected chi connectivity index (χ0v) is 18.5. The lowest BCUT2D eigenvalue weighted by Gasteiger charge is -2.36. The molecule has 3 aromatic rings. The third-order valence-corrected chi connectivity index (χ3v) is 6.58. The lowest BCUT2D eigenvalue weighted by atomic mass is 10.1. The lowest BCUT2D eigenvalue weighted by molar-refractivity contribution is 0.249. The first-order valence-corrected chi connectivity index (χ1v) is 11.1. The number of nitrogens with one attached hydrogen (secondary N) is 1. The summed E-state index contributed by atoms with van der Waals surface area (Å²) in [5.41, 5.74) is 7.54. The van der Waals surface area contributed by atoms with Crippen molar-refractivity contribution in [1.29, 1.82) is 0 Å². The Balaban J connectivity index is 1.25. The van der Waals surface area contributed by atoms with Crippen LogP contribution in [0.25, 0.3) is 16.7 Å². The van der Waals surface area contributed by atoms with Crippen LogP contribution in [0.5, 0.6) is 0 Å². The maximum atomic E-state index is 12.1. The SMILES string of the molecule is CCc1cc2ncc(CN3CCN(c4ccc5c(c4)CN(C)C5=C=O)CC3)cc2[nH]c1=O. The highest BCUT2D eigenvalue weighted by Crippen LogP contribution is 2.32. The quantitative estimate of drug-likeness (QED) is 0.643. The second kappa shape index (κ2) is 8.26. The van der Waals surface area contributed by atoms with E-state index < -0.39 is 0 Å². The van der Waals surface area contributed by atoms with Crippen LogP contribution < -0.4 is 10.5 Å². The summed E-state index contributed by atoms with van der Waals surface area (Å²) in [4.78, 5) is 37.7. The number of rotatable bonds is 4. The first-order valence-electron chi connectivity index (χ1n) is 11.1. The Morgan fingerprint density at radius 1 is 1.12 bits per heavy atom. The van der Waals surface area contributed by atoms with Gasteiger partial charge in [-0.25, -0.2) is 4.79 Å². The molecule has 0 amide bonds. The number of fused-ring (bicyclic) bond motifs is 2. The fraction of sp³-hybridized carbons (Fsp3) is 0.360. The van der Waals surface area contributed by atoms with E-state index in [2.05, 4.69) is 37.8 Å². The number of H-pyrrole nitrogens is 1. The minimum atomic E-state index is -0.0242. The molecule has 1 fully saturated rings. The minimum absolute atomic E-state index is 0.0242. The van der Waals surface area contributed by atoms with Crippen molar-refractivity contribution in [3.05, 3.63) is 69.1 Å². The third-order valence-electron chi connectivity index (χ3n) is 6.58. The van der Waals surface area contributed by atoms with Crippen LogP contribution in [0.1, 0.15) is 29.2 Å². The Morgan fingerprint density at radius 3 is 2.69 bits per heavy atom. The van der Waals surface area contributed by atoms with Crippen LogP contribution in [0.4, 0.5) is 5.69 Å². The van der Waals surface area contributed by atoms with Gasteiger partial charge < -0.3 is 14.8 Å². The molecule has 164 valence electrons. The van der Waals surface area contributed by atoms with Crippen molar-refractivity contribution in [3.63, 3.8) is 0 Å². The fourth-order valence-electron chi connectivity index (χ4n) is 4.75. The molecular weight excluding hydrogens is 402 g/mol. The molecule has 2 aliphatic rings. The van der Waals surface area contributed by atoms with Crippen LogP contribution in [0.15, 0.2) is 41.3 Å². The molecule has 2 aromatic heterocycles. The number of anilines is 1. The van der Waals surface area contributed by atoms with Gasteiger partial charge in [0.05, 0.1) is 11.0 Å². The van der Waals surface area contributed by atoms with Crippen molar-refractivity contribution >= 4 is 28.4 Å². The van der Waals surface area contributed by atoms with Crippen LogP contribution in [0.2, 0.25) is 0 Å². The van der Waals surface area contributed by atoms with Crippen molar-refractivity contribution in [2.75, 3.05) is 38.1 Å². The Labute approximate surface area is 187 Å². The molecule has 7 heteroatoms. The number of pyridine rings is 2. The highest BCUT2D eigenvalue weighted by molar-refractivity contribution is 5.90. The summed E-state index contributed by atoms with van der Waals surface area (Å²) >= 11 is 0. The minimum Gasteiger partial charge on any atom is -0.369 e. The van der Waals surface area contributed by atoms with Crippen LogP contribution in [-0.4, -0.2) is 58.9 Å². The van der Waals surface area contributed by atoms with Gasteiger partial charge in [-0.1, -0.05) is 6.92 Å². The number of hydrogen-bond donors (Lipinski definition) is 1. The van der Waals surface area contributed by atoms with Crippen molar-refractivity contribution in [2.24, 2.45) is 0 Å². The zero-order valence-electron chi connectivity index (χ0n) is 18.5. The topological polar surface area (TPSA) is 72.5 Å². The maximum absolute atomic E-state index is 12.1. The monoisotopic (exact) mass is 429 g/mol. The molecule has 4 heterocycles. The summed E-state index contributed by atoms with van der Waals surface area (Å²) in [5.74, 6) is 2.07. The average Bonchev–Trinajstić information content (AvgIpc) is 3.13. The molecule has 5 rings (SSSR count). The second-order valence-corrected chi connectivity index (χ2v) is 8.66. The number of hydrogen-bond acceptors (Lipinski definition) is 6. The number of benzene rings is 1. The van der Waals surface area contributed by atoms with Gasteiger partial charge in [0.1, 0.15) is 5.70 Å². The highest BCUT2D eigenvalue weighted by atomic mass is 16.1. The van der Waals surface area contributed by atoms with E-state index in [1.807, 2.05) is 43.3 Å². The van der Waals surface area contributed by atoms with Gasteiger partial charge in [0.15, 0.2) is 5.94 Å². The Morgan fingerprint density at radius 2 is 1.94 bits per heavy atom. The second-order valence-electron chi connectivity index (χ2n) is 8.66. The van der Waals surface area contributed by atoms with Gasteiger partial charge in [-0.3, -0.25) is 14.7 Å². The van der Waals surface area contributed by atoms with Crippen molar-refractivity contribution < 1.29 is 4.79 Å². The van der Waals surface area contributed by atoms with Gasteiger partial charge >= 0.3 is 0 Å². The summed E-state index contributed by atoms with van der Waals surface area (Å²) in [5, 5.41) is 0. The van der Waals surface area contributed by atoms with E-state index in [-0.39, 0.29) is 5.56 Å². The van der Waals surface area contributed by atoms with Crippen molar-refractivity contribution in [2.45, 2.75) is 26.4 Å². The third kappa shape index (κ3) is 3.70. The van der Waals surface area contributed by atoms with Crippen LogP contribution in [0.3, 0.4) is 0 Å². The summed E-state index contributed by atoms with van der Waals surface area (Å²) < 4.78 is 0. The molecule has 1 N–H and O–H groups in total. The number of carbonyl (C=O) groups excluding carboxylic acids is 1. The van der Waals surface area contributed by atoms with Gasteiger partial charge in [0, 0.05) is 69.3 Å². The lowest BCUT2D eigenvalue weighted by Crippen LogP contribution is -2.46. The molecule has 1 aromatic carbocycles. The van der Waals surface area contributed by atoms with E-state index in [0.717, 1.165) is 67.0 Å². The van der Waals surface area contributed by atoms with E-state index in [0.29, 0.717) is 12.1 Å². The van der Waals surface area contributed by atoms with Gasteiger partial charge in [-0.2, -0.15) is 0 Å². The smallest absolute Gasteiger partial charge is 0.251 e. The molecule has 0 unspecified atom stereocenters. The standard InChI is InChI=1S/C25H27N5O2/c1-3-18-12-22-23(27-25(18)32)10-17(13-26-22)14-29-6-8-30(9-7-29)20-4-5-21-19(11-20)15-28(2)24(21)16-31/h4-5,10-13H,3,6-9,14-15H2,1-2H3,(H,27,32). The fourth-order valence-corrected chi connectivity index (χ4v) is 4.75. The predicted molar refractivity (Wildman–Crippen MR) is 126 cm³/mol. The summed E-state index contributed by atoms with van der Waals surface area (Å²) in [6.45, 7) is 7.36. The molecule has 32 heavy (non-hydrogen) atoms. The van der Waals surface area contributed by atoms with Gasteiger partial charge in [0.25, 0.3) is 5.56 Å². The maximum Gasteiger partial charge on any atom is 0.251 e. The zero-order chi connectivity index (χ0) is 22.2. The normalized spacial score (nSPS) is 16.5. The number of aromatic amines is 1. The number of nitrogens with zero attached hydrogens (tertiary/aromatic N) is 4. The van der Waals surface area contributed by atoms with E-state index in [9.17, 15) is 9.59 Å². The summed E-state index contributed by atoms with van der Waals surface area (Å²) in [6, 6.07) is 10.3. The molecule has 0 spiro atoms. The molecule has 0 radical (unpaired) electrons. The van der Waals surface area contributed by atoms with Crippen LogP contribution >= 0.6 is 0 Å². The van der Waals surface area contributed by atoms with Crippen LogP contribution in [0, 0.1) is 0 Å². The van der Waals surface area contributed by atoms with E-state index in [1.54, 1.807) is 0 Å². The first kappa shape index (κ1) is 20.5. The molecule has 0 saturated carbocycles. The van der Waals surface area contributed by atoms with Gasteiger partial charge in [-0.05, 0) is 47.9 Å². The molecular formula is C25H27N5O2. The van der Waals surface area contributed by atoms with Gasteiger partial charge in [-0.15, -0.1) is 0 Å².